The minimum absolute atomic E-state index is 0.122. The van der Waals surface area contributed by atoms with Gasteiger partial charge < -0.3 is 14.8 Å². The lowest BCUT2D eigenvalue weighted by atomic mass is 9.96. The van der Waals surface area contributed by atoms with Crippen molar-refractivity contribution in [3.05, 3.63) is 23.2 Å². The van der Waals surface area contributed by atoms with E-state index in [-0.39, 0.29) is 11.0 Å². The van der Waals surface area contributed by atoms with E-state index < -0.39 is 5.82 Å². The molecular formula is C22H30ClFN4O2. The quantitative estimate of drug-likeness (QED) is 0.664. The molecule has 1 aromatic carbocycles. The maximum Gasteiger partial charge on any atom is 0.224 e. The van der Waals surface area contributed by atoms with Gasteiger partial charge in [-0.3, -0.25) is 4.90 Å². The number of fused-ring (bicyclic) bond motifs is 1. The van der Waals surface area contributed by atoms with Crippen molar-refractivity contribution in [2.45, 2.75) is 51.0 Å². The zero-order valence-corrected chi connectivity index (χ0v) is 18.1. The van der Waals surface area contributed by atoms with Crippen molar-refractivity contribution in [2.75, 3.05) is 44.8 Å². The zero-order chi connectivity index (χ0) is 20.8. The maximum atomic E-state index is 14.6. The average Bonchev–Trinajstić information content (AvgIpc) is 2.71. The summed E-state index contributed by atoms with van der Waals surface area (Å²) in [5.41, 5.74) is 0.487. The molecule has 4 rings (SSSR count). The summed E-state index contributed by atoms with van der Waals surface area (Å²) in [5.74, 6) is 0.451. The zero-order valence-electron chi connectivity index (χ0n) is 17.3. The van der Waals surface area contributed by atoms with E-state index in [2.05, 4.69) is 20.2 Å². The number of nitrogens with zero attached hydrogens (tertiary/aromatic N) is 3. The van der Waals surface area contributed by atoms with E-state index in [1.165, 1.54) is 38.2 Å². The number of ether oxygens (including phenoxy) is 2. The Morgan fingerprint density at radius 3 is 2.60 bits per heavy atom. The molecule has 1 aliphatic carbocycles. The monoisotopic (exact) mass is 436 g/mol. The summed E-state index contributed by atoms with van der Waals surface area (Å²) >= 11 is 6.13. The number of rotatable bonds is 6. The average molecular weight is 437 g/mol. The Morgan fingerprint density at radius 1 is 1.10 bits per heavy atom. The third-order valence-electron chi connectivity index (χ3n) is 5.94. The number of morpholine rings is 1. The van der Waals surface area contributed by atoms with Crippen LogP contribution in [0.3, 0.4) is 0 Å². The molecule has 0 atom stereocenters. The number of aromatic nitrogens is 2. The van der Waals surface area contributed by atoms with Crippen LogP contribution in [0.15, 0.2) is 12.1 Å². The Hall–Kier alpha value is -1.70. The topological polar surface area (TPSA) is 59.5 Å². The molecule has 0 amide bonds. The molecule has 6 nitrogen and oxygen atoms in total. The van der Waals surface area contributed by atoms with Crippen LogP contribution in [-0.4, -0.2) is 60.4 Å². The van der Waals surface area contributed by atoms with Crippen molar-refractivity contribution in [1.82, 2.24) is 14.9 Å². The first-order valence-corrected chi connectivity index (χ1v) is 11.4. The van der Waals surface area contributed by atoms with Crippen molar-refractivity contribution >= 4 is 28.3 Å². The molecule has 0 radical (unpaired) electrons. The Balaban J connectivity index is 1.50. The van der Waals surface area contributed by atoms with E-state index in [1.54, 1.807) is 6.07 Å². The fourth-order valence-electron chi connectivity index (χ4n) is 4.23. The second-order valence-electron chi connectivity index (χ2n) is 8.13. The molecule has 2 aliphatic rings. The van der Waals surface area contributed by atoms with E-state index in [4.69, 9.17) is 21.1 Å². The summed E-state index contributed by atoms with van der Waals surface area (Å²) in [6, 6.07) is 3.43. The van der Waals surface area contributed by atoms with Gasteiger partial charge in [-0.1, -0.05) is 32.1 Å². The van der Waals surface area contributed by atoms with Crippen LogP contribution in [0.4, 0.5) is 10.2 Å². The molecule has 164 valence electrons. The first-order valence-electron chi connectivity index (χ1n) is 11.1. The molecule has 0 bridgehead atoms. The molecule has 0 unspecified atom stereocenters. The van der Waals surface area contributed by atoms with Gasteiger partial charge in [-0.05, 0) is 30.5 Å². The summed E-state index contributed by atoms with van der Waals surface area (Å²) in [7, 11) is 0. The van der Waals surface area contributed by atoms with Crippen LogP contribution in [0.1, 0.15) is 44.9 Å². The van der Waals surface area contributed by atoms with Crippen molar-refractivity contribution < 1.29 is 13.9 Å². The minimum Gasteiger partial charge on any atom is -0.489 e. The number of anilines is 1. The van der Waals surface area contributed by atoms with Crippen LogP contribution in [0.5, 0.6) is 5.75 Å². The molecule has 1 N–H and O–H groups in total. The molecule has 2 aromatic rings. The van der Waals surface area contributed by atoms with Crippen molar-refractivity contribution in [2.24, 2.45) is 0 Å². The highest BCUT2D eigenvalue weighted by molar-refractivity contribution is 6.28. The molecule has 8 heteroatoms. The van der Waals surface area contributed by atoms with Gasteiger partial charge in [0, 0.05) is 37.1 Å². The van der Waals surface area contributed by atoms with Crippen LogP contribution in [-0.2, 0) is 4.74 Å². The van der Waals surface area contributed by atoms with Gasteiger partial charge in [-0.2, -0.15) is 0 Å². The normalized spacial score (nSPS) is 19.4. The van der Waals surface area contributed by atoms with E-state index >= 15 is 0 Å². The SMILES string of the molecule is Fc1cc2nc(Cl)nc(NC3CCCCCCC3)c2cc1OCCN1CCOCC1. The molecule has 1 saturated heterocycles. The predicted molar refractivity (Wildman–Crippen MR) is 117 cm³/mol. The fraction of sp³-hybridized carbons (Fsp3) is 0.636. The van der Waals surface area contributed by atoms with Crippen LogP contribution in [0.25, 0.3) is 10.9 Å². The first kappa shape index (κ1) is 21.5. The summed E-state index contributed by atoms with van der Waals surface area (Å²) in [4.78, 5) is 10.9. The fourth-order valence-corrected chi connectivity index (χ4v) is 4.40. The maximum absolute atomic E-state index is 14.6. The van der Waals surface area contributed by atoms with Gasteiger partial charge in [0.15, 0.2) is 11.6 Å². The molecule has 2 heterocycles. The highest BCUT2D eigenvalue weighted by Crippen LogP contribution is 2.31. The minimum atomic E-state index is -0.434. The van der Waals surface area contributed by atoms with Gasteiger partial charge in [-0.15, -0.1) is 0 Å². The van der Waals surface area contributed by atoms with Crippen molar-refractivity contribution in [3.63, 3.8) is 0 Å². The largest absolute Gasteiger partial charge is 0.489 e. The standard InChI is InChI=1S/C22H30ClFN4O2/c23-22-26-19-15-18(24)20(30-13-10-28-8-11-29-12-9-28)14-17(19)21(27-22)25-16-6-4-2-1-3-5-7-16/h14-16H,1-13H2,(H,25,26,27). The number of hydrogen-bond donors (Lipinski definition) is 1. The third kappa shape index (κ3) is 5.71. The second-order valence-corrected chi connectivity index (χ2v) is 8.47. The Morgan fingerprint density at radius 2 is 1.83 bits per heavy atom. The molecule has 2 fully saturated rings. The summed E-state index contributed by atoms with van der Waals surface area (Å²) in [5, 5.41) is 4.41. The number of nitrogens with one attached hydrogen (secondary N) is 1. The molecular weight excluding hydrogens is 407 g/mol. The molecule has 1 aromatic heterocycles. The van der Waals surface area contributed by atoms with Gasteiger partial charge >= 0.3 is 0 Å². The summed E-state index contributed by atoms with van der Waals surface area (Å²) < 4.78 is 25.8. The van der Waals surface area contributed by atoms with Gasteiger partial charge in [0.1, 0.15) is 12.4 Å². The molecule has 0 spiro atoms. The molecule has 30 heavy (non-hydrogen) atoms. The Kier molecular flexibility index (Phi) is 7.57. The van der Waals surface area contributed by atoms with Crippen molar-refractivity contribution in [1.29, 1.82) is 0 Å². The van der Waals surface area contributed by atoms with Gasteiger partial charge in [-0.25, -0.2) is 14.4 Å². The highest BCUT2D eigenvalue weighted by atomic mass is 35.5. The number of hydrogen-bond acceptors (Lipinski definition) is 6. The Bertz CT molecular complexity index is 839. The van der Waals surface area contributed by atoms with Crippen LogP contribution in [0.2, 0.25) is 5.28 Å². The second kappa shape index (κ2) is 10.6. The van der Waals surface area contributed by atoms with Gasteiger partial charge in [0.05, 0.1) is 18.7 Å². The van der Waals surface area contributed by atoms with Gasteiger partial charge in [0.25, 0.3) is 0 Å². The smallest absolute Gasteiger partial charge is 0.224 e. The van der Waals surface area contributed by atoms with E-state index in [0.29, 0.717) is 24.0 Å². The van der Waals surface area contributed by atoms with E-state index in [1.807, 2.05) is 0 Å². The van der Waals surface area contributed by atoms with E-state index in [9.17, 15) is 4.39 Å². The lowest BCUT2D eigenvalue weighted by Gasteiger charge is -2.26. The first-order chi connectivity index (χ1) is 14.7. The van der Waals surface area contributed by atoms with Gasteiger partial charge in [0.2, 0.25) is 5.28 Å². The van der Waals surface area contributed by atoms with Crippen molar-refractivity contribution in [3.8, 4) is 5.75 Å². The lowest BCUT2D eigenvalue weighted by molar-refractivity contribution is 0.0320. The lowest BCUT2D eigenvalue weighted by Crippen LogP contribution is -2.38. The van der Waals surface area contributed by atoms with Crippen LogP contribution >= 0.6 is 11.6 Å². The number of benzene rings is 1. The number of halogens is 2. The van der Waals surface area contributed by atoms with Crippen LogP contribution in [0, 0.1) is 5.82 Å². The third-order valence-corrected chi connectivity index (χ3v) is 6.11. The summed E-state index contributed by atoms with van der Waals surface area (Å²) in [6.45, 7) is 4.39. The molecule has 1 aliphatic heterocycles. The Labute approximate surface area is 182 Å². The van der Waals surface area contributed by atoms with Crippen LogP contribution < -0.4 is 10.1 Å². The predicted octanol–water partition coefficient (Wildman–Crippen LogP) is 4.66. The van der Waals surface area contributed by atoms with E-state index in [0.717, 1.165) is 51.1 Å². The summed E-state index contributed by atoms with van der Waals surface area (Å²) in [6.07, 6.45) is 8.49. The molecule has 1 saturated carbocycles. The highest BCUT2D eigenvalue weighted by Gasteiger charge is 2.17.